The number of hydrogen-bond donors (Lipinski definition) is 2. The molecule has 1 fully saturated rings. The van der Waals surface area contributed by atoms with Crippen molar-refractivity contribution in [2.75, 3.05) is 19.6 Å². The van der Waals surface area contributed by atoms with Gasteiger partial charge in [-0.05, 0) is 12.8 Å². The lowest BCUT2D eigenvalue weighted by molar-refractivity contribution is -0.143. The fourth-order valence-corrected chi connectivity index (χ4v) is 3.77. The number of nitrogens with one attached hydrogen (secondary N) is 1. The molecule has 1 atom stereocenters. The minimum Gasteiger partial charge on any atom is -0.481 e. The first kappa shape index (κ1) is 17.4. The van der Waals surface area contributed by atoms with Gasteiger partial charge in [0.25, 0.3) is 0 Å². The fraction of sp³-hybridized carbons (Fsp3) is 0.389. The number of likely N-dealkylation sites (tertiary alicyclic amines) is 1. The fourth-order valence-electron chi connectivity index (χ4n) is 2.91. The predicted molar refractivity (Wildman–Crippen MR) is 96.6 cm³/mol. The van der Waals surface area contributed by atoms with Crippen molar-refractivity contribution in [1.82, 2.24) is 15.2 Å². The summed E-state index contributed by atoms with van der Waals surface area (Å²) in [5.74, 6) is -1.28. The second-order valence-corrected chi connectivity index (χ2v) is 6.97. The summed E-state index contributed by atoms with van der Waals surface area (Å²) < 4.78 is 0. The summed E-state index contributed by atoms with van der Waals surface area (Å²) in [5.41, 5.74) is 2.04. The van der Waals surface area contributed by atoms with Crippen molar-refractivity contribution < 1.29 is 14.7 Å². The summed E-state index contributed by atoms with van der Waals surface area (Å²) in [7, 11) is 0. The van der Waals surface area contributed by atoms with Gasteiger partial charge in [0.05, 0.1) is 11.6 Å². The Hall–Kier alpha value is -2.41. The Morgan fingerprint density at radius 1 is 1.32 bits per heavy atom. The molecule has 1 unspecified atom stereocenters. The van der Waals surface area contributed by atoms with Gasteiger partial charge in [-0.15, -0.1) is 11.3 Å². The first-order valence-corrected chi connectivity index (χ1v) is 9.27. The monoisotopic (exact) mass is 359 g/mol. The van der Waals surface area contributed by atoms with E-state index in [9.17, 15) is 9.59 Å². The van der Waals surface area contributed by atoms with Crippen molar-refractivity contribution >= 4 is 23.3 Å². The minimum absolute atomic E-state index is 0.190. The lowest BCUT2D eigenvalue weighted by Gasteiger charge is -2.30. The molecule has 2 aromatic rings. The predicted octanol–water partition coefficient (Wildman–Crippen LogP) is 2.86. The zero-order valence-electron chi connectivity index (χ0n) is 13.9. The summed E-state index contributed by atoms with van der Waals surface area (Å²) in [6, 6.07) is 9.81. The van der Waals surface area contributed by atoms with E-state index in [1.165, 1.54) is 0 Å². The van der Waals surface area contributed by atoms with Crippen LogP contribution >= 0.6 is 11.3 Å². The number of aromatic nitrogens is 1. The molecule has 25 heavy (non-hydrogen) atoms. The van der Waals surface area contributed by atoms with E-state index in [0.717, 1.165) is 22.7 Å². The smallest absolute Gasteiger partial charge is 0.317 e. The normalized spacial score (nSPS) is 17.3. The van der Waals surface area contributed by atoms with Crippen molar-refractivity contribution in [2.24, 2.45) is 5.92 Å². The van der Waals surface area contributed by atoms with Crippen LogP contribution in [-0.4, -0.2) is 46.6 Å². The van der Waals surface area contributed by atoms with Crippen LogP contribution < -0.4 is 5.32 Å². The lowest BCUT2D eigenvalue weighted by atomic mass is 9.99. The molecule has 0 saturated carbocycles. The Kier molecular flexibility index (Phi) is 5.65. The second kappa shape index (κ2) is 8.11. The van der Waals surface area contributed by atoms with E-state index in [1.807, 2.05) is 35.7 Å². The number of rotatable bonds is 5. The molecular weight excluding hydrogens is 338 g/mol. The summed E-state index contributed by atoms with van der Waals surface area (Å²) in [5, 5.41) is 14.9. The number of thiazole rings is 1. The van der Waals surface area contributed by atoms with Crippen LogP contribution in [0.2, 0.25) is 0 Å². The molecule has 0 aliphatic carbocycles. The van der Waals surface area contributed by atoms with Crippen molar-refractivity contribution in [3.05, 3.63) is 41.4 Å². The van der Waals surface area contributed by atoms with E-state index < -0.39 is 11.9 Å². The minimum atomic E-state index is -0.826. The number of hydrogen-bond acceptors (Lipinski definition) is 4. The van der Waals surface area contributed by atoms with Gasteiger partial charge in [0.2, 0.25) is 0 Å². The van der Waals surface area contributed by atoms with Gasteiger partial charge in [0.1, 0.15) is 5.01 Å². The quantitative estimate of drug-likeness (QED) is 0.860. The highest BCUT2D eigenvalue weighted by Crippen LogP contribution is 2.23. The molecule has 7 heteroatoms. The maximum atomic E-state index is 12.2. The summed E-state index contributed by atoms with van der Waals surface area (Å²) in [4.78, 5) is 29.5. The molecule has 1 aromatic heterocycles. The first-order chi connectivity index (χ1) is 12.1. The number of carbonyl (C=O) groups is 2. The molecule has 1 aliphatic rings. The number of piperidine rings is 1. The molecule has 0 bridgehead atoms. The number of aliphatic carboxylic acids is 1. The van der Waals surface area contributed by atoms with Gasteiger partial charge in [-0.2, -0.15) is 0 Å². The highest BCUT2D eigenvalue weighted by atomic mass is 32.1. The molecular formula is C18H21N3O3S. The van der Waals surface area contributed by atoms with Crippen LogP contribution in [0.15, 0.2) is 35.7 Å². The molecule has 1 aromatic carbocycles. The topological polar surface area (TPSA) is 82.5 Å². The summed E-state index contributed by atoms with van der Waals surface area (Å²) in [6.45, 7) is 1.39. The third kappa shape index (κ3) is 4.57. The van der Waals surface area contributed by atoms with Crippen LogP contribution in [0, 0.1) is 5.92 Å². The summed E-state index contributed by atoms with van der Waals surface area (Å²) >= 11 is 1.59. The largest absolute Gasteiger partial charge is 0.481 e. The van der Waals surface area contributed by atoms with Crippen molar-refractivity contribution in [1.29, 1.82) is 0 Å². The SMILES string of the molecule is O=C(O)C1CCCN(C(=O)NCCc2csc(-c3ccccc3)n2)C1. The molecule has 0 spiro atoms. The Balaban J connectivity index is 1.47. The van der Waals surface area contributed by atoms with Crippen LogP contribution in [-0.2, 0) is 11.2 Å². The van der Waals surface area contributed by atoms with Gasteiger partial charge in [-0.25, -0.2) is 9.78 Å². The highest BCUT2D eigenvalue weighted by molar-refractivity contribution is 7.13. The van der Waals surface area contributed by atoms with Gasteiger partial charge in [0, 0.05) is 37.0 Å². The van der Waals surface area contributed by atoms with Gasteiger partial charge >= 0.3 is 12.0 Å². The van der Waals surface area contributed by atoms with E-state index in [0.29, 0.717) is 25.9 Å². The van der Waals surface area contributed by atoms with Gasteiger partial charge in [-0.1, -0.05) is 30.3 Å². The van der Waals surface area contributed by atoms with Crippen LogP contribution in [0.3, 0.4) is 0 Å². The third-order valence-corrected chi connectivity index (χ3v) is 5.23. The number of carboxylic acid groups (broad SMARTS) is 1. The number of benzene rings is 1. The summed E-state index contributed by atoms with van der Waals surface area (Å²) in [6.07, 6.45) is 2.03. The van der Waals surface area contributed by atoms with E-state index in [-0.39, 0.29) is 12.6 Å². The third-order valence-electron chi connectivity index (χ3n) is 4.29. The zero-order valence-corrected chi connectivity index (χ0v) is 14.7. The number of amides is 2. The van der Waals surface area contributed by atoms with Gasteiger partial charge < -0.3 is 15.3 Å². The Bertz CT molecular complexity index is 732. The van der Waals surface area contributed by atoms with Crippen LogP contribution in [0.1, 0.15) is 18.5 Å². The molecule has 0 radical (unpaired) electrons. The molecule has 2 heterocycles. The number of nitrogens with zero attached hydrogens (tertiary/aromatic N) is 2. The van der Waals surface area contributed by atoms with Crippen molar-refractivity contribution in [2.45, 2.75) is 19.3 Å². The van der Waals surface area contributed by atoms with Crippen LogP contribution in [0.4, 0.5) is 4.79 Å². The molecule has 6 nitrogen and oxygen atoms in total. The van der Waals surface area contributed by atoms with Crippen LogP contribution in [0.5, 0.6) is 0 Å². The van der Waals surface area contributed by atoms with Gasteiger partial charge in [-0.3, -0.25) is 4.79 Å². The van der Waals surface area contributed by atoms with Crippen LogP contribution in [0.25, 0.3) is 10.6 Å². The van der Waals surface area contributed by atoms with Gasteiger partial charge in [0.15, 0.2) is 0 Å². The lowest BCUT2D eigenvalue weighted by Crippen LogP contribution is -2.47. The standard InChI is InChI=1S/C18H21N3O3S/c22-17(23)14-7-4-10-21(11-14)18(24)19-9-8-15-12-25-16(20-15)13-5-2-1-3-6-13/h1-3,5-6,12,14H,4,7-11H2,(H,19,24)(H,22,23). The number of carbonyl (C=O) groups excluding carboxylic acids is 1. The average Bonchev–Trinajstić information content (AvgIpc) is 3.11. The first-order valence-electron chi connectivity index (χ1n) is 8.39. The van der Waals surface area contributed by atoms with E-state index in [4.69, 9.17) is 5.11 Å². The Morgan fingerprint density at radius 3 is 2.88 bits per heavy atom. The second-order valence-electron chi connectivity index (χ2n) is 6.12. The average molecular weight is 359 g/mol. The molecule has 132 valence electrons. The van der Waals surface area contributed by atoms with E-state index in [1.54, 1.807) is 16.2 Å². The van der Waals surface area contributed by atoms with E-state index >= 15 is 0 Å². The molecule has 3 rings (SSSR count). The zero-order chi connectivity index (χ0) is 17.6. The molecule has 2 amide bonds. The Labute approximate surface area is 150 Å². The highest BCUT2D eigenvalue weighted by Gasteiger charge is 2.27. The Morgan fingerprint density at radius 2 is 2.12 bits per heavy atom. The van der Waals surface area contributed by atoms with E-state index in [2.05, 4.69) is 10.3 Å². The molecule has 1 aliphatic heterocycles. The maximum Gasteiger partial charge on any atom is 0.317 e. The molecule has 2 N–H and O–H groups in total. The van der Waals surface area contributed by atoms with Crippen molar-refractivity contribution in [3.63, 3.8) is 0 Å². The maximum absolute atomic E-state index is 12.2. The number of urea groups is 1. The van der Waals surface area contributed by atoms with Crippen molar-refractivity contribution in [3.8, 4) is 10.6 Å². The molecule has 1 saturated heterocycles. The number of carboxylic acids is 1.